The Kier molecular flexibility index (Phi) is 7.41. The van der Waals surface area contributed by atoms with Crippen LogP contribution >= 0.6 is 23.4 Å². The van der Waals surface area contributed by atoms with Crippen molar-refractivity contribution in [1.82, 2.24) is 10.2 Å². The standard InChI is InChI=1S/C20H20ClN3O7S/c1-10(23-31-7-12-4-3-5-14(21)6-12)17(26)22-15-18(27)24-16(20(28)29)13(8-30-11(2)25)9-32-19(15)24/h3-6,15,19H,7-9H2,1-2H3,(H,22,26)(H,28,29)/b23-10+/t15-,19-/m1/s1. The summed E-state index contributed by atoms with van der Waals surface area (Å²) in [4.78, 5) is 54.0. The second-order valence-electron chi connectivity index (χ2n) is 6.98. The lowest BCUT2D eigenvalue weighted by Gasteiger charge is -2.49. The molecule has 1 fully saturated rings. The smallest absolute Gasteiger partial charge is 0.352 e. The molecule has 0 radical (unpaired) electrons. The van der Waals surface area contributed by atoms with Gasteiger partial charge in [0.2, 0.25) is 0 Å². The zero-order valence-electron chi connectivity index (χ0n) is 17.2. The summed E-state index contributed by atoms with van der Waals surface area (Å²) in [7, 11) is 0. The van der Waals surface area contributed by atoms with Gasteiger partial charge in [-0.1, -0.05) is 28.9 Å². The molecule has 1 aromatic carbocycles. The normalized spacial score (nSPS) is 20.3. The van der Waals surface area contributed by atoms with Gasteiger partial charge in [0.15, 0.2) is 0 Å². The number of esters is 1. The lowest BCUT2D eigenvalue weighted by Crippen LogP contribution is -2.71. The Balaban J connectivity index is 1.61. The van der Waals surface area contributed by atoms with Crippen molar-refractivity contribution < 1.29 is 33.9 Å². The Morgan fingerprint density at radius 1 is 1.31 bits per heavy atom. The van der Waals surface area contributed by atoms with Gasteiger partial charge in [-0.05, 0) is 24.6 Å². The Labute approximate surface area is 192 Å². The minimum Gasteiger partial charge on any atom is -0.477 e. The lowest BCUT2D eigenvalue weighted by molar-refractivity contribution is -0.150. The molecule has 10 nitrogen and oxygen atoms in total. The van der Waals surface area contributed by atoms with E-state index in [1.807, 2.05) is 0 Å². The number of benzene rings is 1. The molecule has 1 saturated heterocycles. The molecule has 2 aliphatic rings. The number of nitrogens with one attached hydrogen (secondary N) is 1. The predicted molar refractivity (Wildman–Crippen MR) is 116 cm³/mol. The average Bonchev–Trinajstić information content (AvgIpc) is 2.74. The summed E-state index contributed by atoms with van der Waals surface area (Å²) in [6, 6.07) is 6.08. The Morgan fingerprint density at radius 3 is 2.72 bits per heavy atom. The molecule has 0 unspecified atom stereocenters. The number of hydrogen-bond donors (Lipinski definition) is 2. The van der Waals surface area contributed by atoms with Gasteiger partial charge >= 0.3 is 11.9 Å². The molecule has 2 N–H and O–H groups in total. The number of carbonyl (C=O) groups is 4. The molecule has 2 aliphatic heterocycles. The highest BCUT2D eigenvalue weighted by Crippen LogP contribution is 2.40. The van der Waals surface area contributed by atoms with Crippen LogP contribution in [-0.2, 0) is 35.4 Å². The molecule has 0 aliphatic carbocycles. The maximum absolute atomic E-state index is 12.6. The predicted octanol–water partition coefficient (Wildman–Crippen LogP) is 1.53. The molecule has 32 heavy (non-hydrogen) atoms. The van der Waals surface area contributed by atoms with Gasteiger partial charge in [0.25, 0.3) is 11.8 Å². The van der Waals surface area contributed by atoms with Crippen LogP contribution in [-0.4, -0.2) is 63.2 Å². The van der Waals surface area contributed by atoms with Crippen LogP contribution in [0.15, 0.2) is 40.7 Å². The number of carbonyl (C=O) groups excluding carboxylic acids is 3. The largest absolute Gasteiger partial charge is 0.477 e. The number of β-lactam (4-membered cyclic amide) rings is 1. The first-order chi connectivity index (χ1) is 15.2. The molecule has 2 heterocycles. The number of thioether (sulfide) groups is 1. The SMILES string of the molecule is CC(=O)OCC1=C(C(=O)O)N2C(=O)[C@@H](NC(=O)/C(C)=N/OCc3cccc(Cl)c3)[C@H]2SC1. The van der Waals surface area contributed by atoms with Crippen molar-refractivity contribution in [2.24, 2.45) is 5.16 Å². The van der Waals surface area contributed by atoms with Crippen molar-refractivity contribution in [3.05, 3.63) is 46.1 Å². The van der Waals surface area contributed by atoms with E-state index in [1.165, 1.54) is 25.6 Å². The molecule has 0 aromatic heterocycles. The van der Waals surface area contributed by atoms with Gasteiger partial charge in [-0.15, -0.1) is 11.8 Å². The highest BCUT2D eigenvalue weighted by molar-refractivity contribution is 8.00. The number of rotatable bonds is 8. The summed E-state index contributed by atoms with van der Waals surface area (Å²) in [6.45, 7) is 2.54. The third kappa shape index (κ3) is 5.22. The van der Waals surface area contributed by atoms with Crippen LogP contribution in [0, 0.1) is 0 Å². The zero-order chi connectivity index (χ0) is 23.4. The van der Waals surface area contributed by atoms with Gasteiger partial charge < -0.3 is 20.0 Å². The summed E-state index contributed by atoms with van der Waals surface area (Å²) >= 11 is 7.17. The number of aliphatic carboxylic acids is 1. The summed E-state index contributed by atoms with van der Waals surface area (Å²) < 4.78 is 4.89. The van der Waals surface area contributed by atoms with Crippen LogP contribution in [0.4, 0.5) is 0 Å². The van der Waals surface area contributed by atoms with Crippen molar-refractivity contribution >= 4 is 52.8 Å². The molecule has 0 bridgehead atoms. The molecule has 2 atom stereocenters. The zero-order valence-corrected chi connectivity index (χ0v) is 18.7. The molecule has 170 valence electrons. The Bertz CT molecular complexity index is 1030. The van der Waals surface area contributed by atoms with Crippen molar-refractivity contribution in [3.63, 3.8) is 0 Å². The van der Waals surface area contributed by atoms with E-state index in [-0.39, 0.29) is 30.4 Å². The van der Waals surface area contributed by atoms with E-state index in [0.29, 0.717) is 10.6 Å². The van der Waals surface area contributed by atoms with Crippen LogP contribution in [0.25, 0.3) is 0 Å². The van der Waals surface area contributed by atoms with Crippen molar-refractivity contribution in [2.75, 3.05) is 12.4 Å². The summed E-state index contributed by atoms with van der Waals surface area (Å²) in [5, 5.41) is 15.8. The fourth-order valence-corrected chi connectivity index (χ4v) is 4.64. The summed E-state index contributed by atoms with van der Waals surface area (Å²) in [5.74, 6) is -2.79. The molecule has 1 aromatic rings. The van der Waals surface area contributed by atoms with E-state index >= 15 is 0 Å². The fraction of sp³-hybridized carbons (Fsp3) is 0.350. The number of carboxylic acids is 1. The highest BCUT2D eigenvalue weighted by Gasteiger charge is 2.54. The van der Waals surface area contributed by atoms with Gasteiger partial charge in [0.05, 0.1) is 0 Å². The number of nitrogens with zero attached hydrogens (tertiary/aromatic N) is 2. The van der Waals surface area contributed by atoms with Crippen LogP contribution in [0.2, 0.25) is 5.02 Å². The molecule has 0 saturated carbocycles. The first-order valence-electron chi connectivity index (χ1n) is 9.44. The number of ether oxygens (including phenoxy) is 1. The number of amides is 2. The Hall–Kier alpha value is -3.05. The van der Waals surface area contributed by atoms with Gasteiger partial charge in [0.1, 0.15) is 36.0 Å². The van der Waals surface area contributed by atoms with Gasteiger partial charge in [-0.25, -0.2) is 4.79 Å². The lowest BCUT2D eigenvalue weighted by atomic mass is 10.0. The minimum absolute atomic E-state index is 0.00337. The Morgan fingerprint density at radius 2 is 2.06 bits per heavy atom. The summed E-state index contributed by atoms with van der Waals surface area (Å²) in [5.41, 5.74) is 0.874. The molecule has 0 spiro atoms. The second kappa shape index (κ2) is 10.0. The van der Waals surface area contributed by atoms with Crippen molar-refractivity contribution in [1.29, 1.82) is 0 Å². The van der Waals surface area contributed by atoms with Gasteiger partial charge in [0, 0.05) is 23.3 Å². The van der Waals surface area contributed by atoms with Crippen LogP contribution in [0.5, 0.6) is 0 Å². The minimum atomic E-state index is -1.30. The quantitative estimate of drug-likeness (QED) is 0.247. The topological polar surface area (TPSA) is 135 Å². The molecule has 2 amide bonds. The molecule has 3 rings (SSSR count). The van der Waals surface area contributed by atoms with E-state index in [0.717, 1.165) is 10.5 Å². The number of hydrogen-bond acceptors (Lipinski definition) is 8. The number of oxime groups is 1. The maximum Gasteiger partial charge on any atom is 0.352 e. The third-order valence-electron chi connectivity index (χ3n) is 4.64. The second-order valence-corrected chi connectivity index (χ2v) is 8.52. The molecular weight excluding hydrogens is 462 g/mol. The number of halogens is 1. The van der Waals surface area contributed by atoms with Gasteiger partial charge in [-0.2, -0.15) is 0 Å². The number of carboxylic acid groups (broad SMARTS) is 1. The fourth-order valence-electron chi connectivity index (χ4n) is 3.10. The number of fused-ring (bicyclic) bond motifs is 1. The van der Waals surface area contributed by atoms with E-state index in [4.69, 9.17) is 21.2 Å². The highest BCUT2D eigenvalue weighted by atomic mass is 35.5. The van der Waals surface area contributed by atoms with Crippen LogP contribution < -0.4 is 5.32 Å². The average molecular weight is 482 g/mol. The van der Waals surface area contributed by atoms with E-state index in [1.54, 1.807) is 24.3 Å². The van der Waals surface area contributed by atoms with Crippen LogP contribution in [0.3, 0.4) is 0 Å². The van der Waals surface area contributed by atoms with Gasteiger partial charge in [-0.3, -0.25) is 19.3 Å². The third-order valence-corrected chi connectivity index (χ3v) is 6.21. The monoisotopic (exact) mass is 481 g/mol. The van der Waals surface area contributed by atoms with E-state index in [9.17, 15) is 24.3 Å². The van der Waals surface area contributed by atoms with E-state index < -0.39 is 35.2 Å². The maximum atomic E-state index is 12.6. The first-order valence-corrected chi connectivity index (χ1v) is 10.9. The molecular formula is C20H20ClN3O7S. The van der Waals surface area contributed by atoms with Crippen LogP contribution in [0.1, 0.15) is 19.4 Å². The van der Waals surface area contributed by atoms with E-state index in [2.05, 4.69) is 10.5 Å². The van der Waals surface area contributed by atoms with Crippen molar-refractivity contribution in [2.45, 2.75) is 31.9 Å². The van der Waals surface area contributed by atoms with Crippen molar-refractivity contribution in [3.8, 4) is 0 Å². The summed E-state index contributed by atoms with van der Waals surface area (Å²) in [6.07, 6.45) is 0. The first kappa shape index (κ1) is 23.6. The molecule has 12 heteroatoms.